The lowest BCUT2D eigenvalue weighted by atomic mass is 10.1. The van der Waals surface area contributed by atoms with Crippen molar-refractivity contribution in [3.63, 3.8) is 0 Å². The molecule has 1 atom stereocenters. The normalized spacial score (nSPS) is 15.9. The van der Waals surface area contributed by atoms with Crippen molar-refractivity contribution in [3.05, 3.63) is 55.1 Å². The summed E-state index contributed by atoms with van der Waals surface area (Å²) in [7, 11) is 3.09. The summed E-state index contributed by atoms with van der Waals surface area (Å²) in [6.07, 6.45) is 3.09. The van der Waals surface area contributed by atoms with Crippen molar-refractivity contribution in [1.29, 1.82) is 0 Å². The Morgan fingerprint density at radius 1 is 1.13 bits per heavy atom. The minimum atomic E-state index is -0.503. The predicted octanol–water partition coefficient (Wildman–Crippen LogP) is 2.28. The van der Waals surface area contributed by atoms with Crippen LogP contribution in [0.15, 0.2) is 55.1 Å². The summed E-state index contributed by atoms with van der Waals surface area (Å²) in [4.78, 5) is 31.1. The van der Waals surface area contributed by atoms with Crippen LogP contribution in [0.5, 0.6) is 11.5 Å². The summed E-state index contributed by atoms with van der Waals surface area (Å²) in [5.74, 6) is 0.263. The zero-order valence-electron chi connectivity index (χ0n) is 16.6. The van der Waals surface area contributed by atoms with Crippen LogP contribution in [-0.4, -0.2) is 47.3 Å². The summed E-state index contributed by atoms with van der Waals surface area (Å²) >= 11 is 0. The topological polar surface area (TPSA) is 98.6 Å². The van der Waals surface area contributed by atoms with Gasteiger partial charge in [0.1, 0.15) is 24.2 Å². The van der Waals surface area contributed by atoms with Gasteiger partial charge in [-0.25, -0.2) is 9.67 Å². The number of hydrogen-bond donors (Lipinski definition) is 1. The van der Waals surface area contributed by atoms with Crippen molar-refractivity contribution >= 4 is 23.2 Å². The fourth-order valence-electron chi connectivity index (χ4n) is 3.47. The molecule has 0 bridgehead atoms. The first kappa shape index (κ1) is 19.4. The Kier molecular flexibility index (Phi) is 5.34. The first-order valence-electron chi connectivity index (χ1n) is 9.38. The van der Waals surface area contributed by atoms with Crippen LogP contribution in [0.25, 0.3) is 5.69 Å². The number of anilines is 2. The monoisotopic (exact) mass is 407 g/mol. The Bertz CT molecular complexity index is 1070. The van der Waals surface area contributed by atoms with Gasteiger partial charge in [0, 0.05) is 19.0 Å². The van der Waals surface area contributed by atoms with Crippen LogP contribution in [0.3, 0.4) is 0 Å². The van der Waals surface area contributed by atoms with Gasteiger partial charge in [-0.15, -0.1) is 0 Å². The number of nitrogens with one attached hydrogen (secondary N) is 1. The lowest BCUT2D eigenvalue weighted by Crippen LogP contribution is -2.28. The fourth-order valence-corrected chi connectivity index (χ4v) is 3.47. The summed E-state index contributed by atoms with van der Waals surface area (Å²) in [6, 6.07) is 12.5. The van der Waals surface area contributed by atoms with E-state index in [4.69, 9.17) is 9.47 Å². The van der Waals surface area contributed by atoms with Crippen LogP contribution in [-0.2, 0) is 9.59 Å². The molecule has 2 amide bonds. The molecule has 1 aliphatic rings. The molecule has 3 aromatic rings. The molecule has 1 aliphatic heterocycles. The molecule has 9 heteroatoms. The van der Waals surface area contributed by atoms with Crippen LogP contribution >= 0.6 is 0 Å². The maximum atomic E-state index is 12.9. The Morgan fingerprint density at radius 3 is 2.70 bits per heavy atom. The van der Waals surface area contributed by atoms with E-state index >= 15 is 0 Å². The van der Waals surface area contributed by atoms with Crippen molar-refractivity contribution in [2.24, 2.45) is 5.92 Å². The zero-order chi connectivity index (χ0) is 21.1. The average molecular weight is 407 g/mol. The van der Waals surface area contributed by atoms with Gasteiger partial charge >= 0.3 is 0 Å². The maximum absolute atomic E-state index is 12.9. The molecule has 9 nitrogen and oxygen atoms in total. The number of amides is 2. The second kappa shape index (κ2) is 8.24. The molecule has 2 heterocycles. The van der Waals surface area contributed by atoms with Gasteiger partial charge < -0.3 is 19.7 Å². The van der Waals surface area contributed by atoms with E-state index in [1.54, 1.807) is 47.3 Å². The summed E-state index contributed by atoms with van der Waals surface area (Å²) < 4.78 is 12.2. The molecule has 4 rings (SSSR count). The minimum Gasteiger partial charge on any atom is -0.497 e. The second-order valence-electron chi connectivity index (χ2n) is 6.79. The van der Waals surface area contributed by atoms with Crippen molar-refractivity contribution in [3.8, 4) is 17.2 Å². The highest BCUT2D eigenvalue weighted by Crippen LogP contribution is 2.36. The SMILES string of the molecule is COc1ccc(OC)c(N2CC(C(=O)Nc3ccccc3-n3cncn3)CC2=O)c1. The first-order valence-corrected chi connectivity index (χ1v) is 9.38. The van der Waals surface area contributed by atoms with Crippen molar-refractivity contribution in [2.45, 2.75) is 6.42 Å². The van der Waals surface area contributed by atoms with Gasteiger partial charge in [-0.3, -0.25) is 9.59 Å². The average Bonchev–Trinajstić information content (AvgIpc) is 3.43. The van der Waals surface area contributed by atoms with Gasteiger partial charge in [0.2, 0.25) is 11.8 Å². The van der Waals surface area contributed by atoms with E-state index in [0.29, 0.717) is 28.6 Å². The molecule has 0 spiro atoms. The van der Waals surface area contributed by atoms with Crippen LogP contribution in [0, 0.1) is 5.92 Å². The lowest BCUT2D eigenvalue weighted by Gasteiger charge is -2.20. The highest BCUT2D eigenvalue weighted by Gasteiger charge is 2.36. The van der Waals surface area contributed by atoms with E-state index in [2.05, 4.69) is 15.4 Å². The van der Waals surface area contributed by atoms with E-state index in [1.165, 1.54) is 13.4 Å². The van der Waals surface area contributed by atoms with Gasteiger partial charge in [0.05, 0.1) is 37.2 Å². The van der Waals surface area contributed by atoms with E-state index in [1.807, 2.05) is 18.2 Å². The van der Waals surface area contributed by atoms with Crippen molar-refractivity contribution in [1.82, 2.24) is 14.8 Å². The second-order valence-corrected chi connectivity index (χ2v) is 6.79. The molecule has 1 unspecified atom stereocenters. The number of nitrogens with zero attached hydrogens (tertiary/aromatic N) is 4. The number of methoxy groups -OCH3 is 2. The van der Waals surface area contributed by atoms with Crippen LogP contribution in [0.1, 0.15) is 6.42 Å². The van der Waals surface area contributed by atoms with Crippen LogP contribution in [0.2, 0.25) is 0 Å². The number of para-hydroxylation sites is 2. The van der Waals surface area contributed by atoms with Gasteiger partial charge in [-0.2, -0.15) is 5.10 Å². The van der Waals surface area contributed by atoms with E-state index in [-0.39, 0.29) is 24.8 Å². The smallest absolute Gasteiger partial charge is 0.229 e. The molecular formula is C21H21N5O4. The summed E-state index contributed by atoms with van der Waals surface area (Å²) in [5.41, 5.74) is 1.87. The molecule has 1 fully saturated rings. The molecule has 1 aromatic heterocycles. The number of rotatable bonds is 6. The standard InChI is InChI=1S/C21H21N5O4/c1-29-15-7-8-19(30-2)18(10-15)25-11-14(9-20(25)27)21(28)24-16-5-3-4-6-17(16)26-13-22-12-23-26/h3-8,10,12-14H,9,11H2,1-2H3,(H,24,28). The van der Waals surface area contributed by atoms with Crippen LogP contribution in [0.4, 0.5) is 11.4 Å². The highest BCUT2D eigenvalue weighted by molar-refractivity contribution is 6.04. The molecule has 0 saturated carbocycles. The quantitative estimate of drug-likeness (QED) is 0.673. The Balaban J connectivity index is 1.54. The molecular weight excluding hydrogens is 386 g/mol. The van der Waals surface area contributed by atoms with Crippen LogP contribution < -0.4 is 19.7 Å². The van der Waals surface area contributed by atoms with Gasteiger partial charge in [-0.05, 0) is 24.3 Å². The Morgan fingerprint density at radius 2 is 1.97 bits per heavy atom. The third-order valence-corrected chi connectivity index (χ3v) is 5.00. The number of ether oxygens (including phenoxy) is 2. The van der Waals surface area contributed by atoms with E-state index < -0.39 is 5.92 Å². The number of aromatic nitrogens is 3. The molecule has 30 heavy (non-hydrogen) atoms. The van der Waals surface area contributed by atoms with Gasteiger partial charge in [0.15, 0.2) is 0 Å². The minimum absolute atomic E-state index is 0.109. The van der Waals surface area contributed by atoms with E-state index in [9.17, 15) is 9.59 Å². The zero-order valence-corrected chi connectivity index (χ0v) is 16.6. The van der Waals surface area contributed by atoms with Crippen molar-refractivity contribution in [2.75, 3.05) is 31.0 Å². The lowest BCUT2D eigenvalue weighted by molar-refractivity contribution is -0.122. The third-order valence-electron chi connectivity index (χ3n) is 5.00. The molecule has 154 valence electrons. The first-order chi connectivity index (χ1) is 14.6. The van der Waals surface area contributed by atoms with Crippen molar-refractivity contribution < 1.29 is 19.1 Å². The number of carbonyl (C=O) groups excluding carboxylic acids is 2. The molecule has 0 aliphatic carbocycles. The summed E-state index contributed by atoms with van der Waals surface area (Å²) in [5, 5.41) is 7.04. The van der Waals surface area contributed by atoms with Gasteiger partial charge in [0.25, 0.3) is 0 Å². The Labute approximate surface area is 173 Å². The molecule has 2 aromatic carbocycles. The predicted molar refractivity (Wildman–Crippen MR) is 110 cm³/mol. The third kappa shape index (κ3) is 3.69. The number of hydrogen-bond acceptors (Lipinski definition) is 6. The number of benzene rings is 2. The highest BCUT2D eigenvalue weighted by atomic mass is 16.5. The fraction of sp³-hybridized carbons (Fsp3) is 0.238. The number of carbonyl (C=O) groups is 2. The molecule has 1 N–H and O–H groups in total. The van der Waals surface area contributed by atoms with Gasteiger partial charge in [-0.1, -0.05) is 12.1 Å². The maximum Gasteiger partial charge on any atom is 0.229 e. The molecule has 0 radical (unpaired) electrons. The largest absolute Gasteiger partial charge is 0.497 e. The molecule has 1 saturated heterocycles. The Hall–Kier alpha value is -3.88. The van der Waals surface area contributed by atoms with E-state index in [0.717, 1.165) is 0 Å². The summed E-state index contributed by atoms with van der Waals surface area (Å²) in [6.45, 7) is 0.250.